The van der Waals surface area contributed by atoms with Crippen LogP contribution in [-0.2, 0) is 17.7 Å². The number of oxazole rings is 1. The first-order valence-corrected chi connectivity index (χ1v) is 6.15. The summed E-state index contributed by atoms with van der Waals surface area (Å²) >= 11 is 0. The Bertz CT molecular complexity index is 498. The topological polar surface area (TPSA) is 47.3 Å². The Balaban J connectivity index is 1.94. The highest BCUT2D eigenvalue weighted by molar-refractivity contribution is 5.24. The molecule has 18 heavy (non-hydrogen) atoms. The normalized spacial score (nSPS) is 16.3. The van der Waals surface area contributed by atoms with Gasteiger partial charge in [0.05, 0.1) is 5.69 Å². The third-order valence-electron chi connectivity index (χ3n) is 3.18. The molecule has 4 heteroatoms. The smallest absolute Gasteiger partial charge is 0.228 e. The van der Waals surface area contributed by atoms with Gasteiger partial charge in [0, 0.05) is 26.6 Å². The molecule has 0 amide bonds. The molecule has 0 bridgehead atoms. The summed E-state index contributed by atoms with van der Waals surface area (Å²) in [5, 5.41) is 3.29. The van der Waals surface area contributed by atoms with E-state index in [9.17, 15) is 0 Å². The fraction of sp³-hybridized carbons (Fsp3) is 0.357. The van der Waals surface area contributed by atoms with Gasteiger partial charge in [0.25, 0.3) is 0 Å². The van der Waals surface area contributed by atoms with Crippen LogP contribution in [0.4, 0.5) is 0 Å². The number of benzene rings is 1. The highest BCUT2D eigenvalue weighted by Gasteiger charge is 2.23. The summed E-state index contributed by atoms with van der Waals surface area (Å²) in [6.07, 6.45) is 0.671. The lowest BCUT2D eigenvalue weighted by atomic mass is 10.1. The zero-order chi connectivity index (χ0) is 12.4. The number of hydrogen-bond donors (Lipinski definition) is 1. The lowest BCUT2D eigenvalue weighted by Gasteiger charge is -2.11. The van der Waals surface area contributed by atoms with Crippen molar-refractivity contribution in [3.05, 3.63) is 53.2 Å². The minimum Gasteiger partial charge on any atom is -0.442 e. The first-order chi connectivity index (χ1) is 8.88. The van der Waals surface area contributed by atoms with Gasteiger partial charge in [-0.05, 0) is 5.56 Å². The van der Waals surface area contributed by atoms with Crippen molar-refractivity contribution >= 4 is 0 Å². The summed E-state index contributed by atoms with van der Waals surface area (Å²) in [6.45, 7) is 1.73. The van der Waals surface area contributed by atoms with Crippen LogP contribution >= 0.6 is 0 Å². The number of rotatable bonds is 3. The lowest BCUT2D eigenvalue weighted by molar-refractivity contribution is 0.110. The quantitative estimate of drug-likeness (QED) is 0.897. The number of nitrogens with one attached hydrogen (secondary N) is 1. The van der Waals surface area contributed by atoms with Gasteiger partial charge in [-0.25, -0.2) is 4.98 Å². The molecule has 2 heterocycles. The van der Waals surface area contributed by atoms with Gasteiger partial charge in [-0.2, -0.15) is 0 Å². The van der Waals surface area contributed by atoms with Gasteiger partial charge in [0.2, 0.25) is 5.89 Å². The minimum atomic E-state index is -0.225. The van der Waals surface area contributed by atoms with E-state index in [2.05, 4.69) is 10.3 Å². The van der Waals surface area contributed by atoms with E-state index < -0.39 is 0 Å². The highest BCUT2D eigenvalue weighted by atomic mass is 16.5. The molecule has 1 atom stereocenters. The molecule has 0 spiro atoms. The van der Waals surface area contributed by atoms with Crippen molar-refractivity contribution in [1.82, 2.24) is 10.3 Å². The van der Waals surface area contributed by atoms with E-state index in [1.165, 1.54) is 0 Å². The molecule has 1 N–H and O–H groups in total. The summed E-state index contributed by atoms with van der Waals surface area (Å²) < 4.78 is 11.4. The van der Waals surface area contributed by atoms with Crippen molar-refractivity contribution in [1.29, 1.82) is 0 Å². The van der Waals surface area contributed by atoms with Crippen molar-refractivity contribution in [2.45, 2.75) is 19.1 Å². The Labute approximate surface area is 106 Å². The standard InChI is InChI=1S/C14H16N2O2/c1-17-13(10-5-3-2-4-6-10)14-16-11-9-15-8-7-12(11)18-14/h2-6,13,15H,7-9H2,1H3. The highest BCUT2D eigenvalue weighted by Crippen LogP contribution is 2.27. The number of ether oxygens (including phenoxy) is 1. The van der Waals surface area contributed by atoms with Crippen molar-refractivity contribution in [3.63, 3.8) is 0 Å². The van der Waals surface area contributed by atoms with E-state index in [4.69, 9.17) is 9.15 Å². The van der Waals surface area contributed by atoms with Crippen LogP contribution in [0.25, 0.3) is 0 Å². The third kappa shape index (κ3) is 2.05. The third-order valence-corrected chi connectivity index (χ3v) is 3.18. The van der Waals surface area contributed by atoms with Crippen LogP contribution < -0.4 is 5.32 Å². The molecule has 0 radical (unpaired) electrons. The van der Waals surface area contributed by atoms with E-state index >= 15 is 0 Å². The maximum atomic E-state index is 5.84. The van der Waals surface area contributed by atoms with Crippen LogP contribution in [0.3, 0.4) is 0 Å². The molecule has 1 unspecified atom stereocenters. The monoisotopic (exact) mass is 244 g/mol. The Morgan fingerprint density at radius 1 is 1.33 bits per heavy atom. The van der Waals surface area contributed by atoms with Gasteiger partial charge < -0.3 is 14.5 Å². The van der Waals surface area contributed by atoms with E-state index in [0.717, 1.165) is 36.5 Å². The van der Waals surface area contributed by atoms with Crippen LogP contribution in [0.15, 0.2) is 34.7 Å². The van der Waals surface area contributed by atoms with E-state index in [1.54, 1.807) is 7.11 Å². The van der Waals surface area contributed by atoms with E-state index in [0.29, 0.717) is 5.89 Å². The molecule has 94 valence electrons. The average molecular weight is 244 g/mol. The van der Waals surface area contributed by atoms with E-state index in [1.807, 2.05) is 30.3 Å². The first-order valence-electron chi connectivity index (χ1n) is 6.15. The zero-order valence-corrected chi connectivity index (χ0v) is 10.3. The lowest BCUT2D eigenvalue weighted by Crippen LogP contribution is -2.22. The van der Waals surface area contributed by atoms with Crippen molar-refractivity contribution < 1.29 is 9.15 Å². The Morgan fingerprint density at radius 2 is 2.17 bits per heavy atom. The second-order valence-corrected chi connectivity index (χ2v) is 4.38. The second kappa shape index (κ2) is 4.92. The van der Waals surface area contributed by atoms with Crippen LogP contribution in [0.2, 0.25) is 0 Å². The molecule has 1 aromatic carbocycles. The summed E-state index contributed by atoms with van der Waals surface area (Å²) in [6, 6.07) is 10.0. The molecule has 1 aliphatic heterocycles. The van der Waals surface area contributed by atoms with Crippen molar-refractivity contribution in [2.75, 3.05) is 13.7 Å². The second-order valence-electron chi connectivity index (χ2n) is 4.38. The van der Waals surface area contributed by atoms with Crippen LogP contribution in [0.5, 0.6) is 0 Å². The van der Waals surface area contributed by atoms with E-state index in [-0.39, 0.29) is 6.10 Å². The zero-order valence-electron chi connectivity index (χ0n) is 10.3. The maximum Gasteiger partial charge on any atom is 0.228 e. The van der Waals surface area contributed by atoms with Gasteiger partial charge >= 0.3 is 0 Å². The number of aromatic nitrogens is 1. The Hall–Kier alpha value is -1.65. The van der Waals surface area contributed by atoms with Crippen molar-refractivity contribution in [2.24, 2.45) is 0 Å². The van der Waals surface area contributed by atoms with Gasteiger partial charge in [0.15, 0.2) is 6.10 Å². The van der Waals surface area contributed by atoms with Crippen LogP contribution in [0.1, 0.15) is 29.0 Å². The molecular weight excluding hydrogens is 228 g/mol. The van der Waals surface area contributed by atoms with Gasteiger partial charge in [-0.1, -0.05) is 30.3 Å². The largest absolute Gasteiger partial charge is 0.442 e. The molecule has 0 aliphatic carbocycles. The van der Waals surface area contributed by atoms with Gasteiger partial charge in [-0.15, -0.1) is 0 Å². The minimum absolute atomic E-state index is 0.225. The molecule has 3 rings (SSSR count). The molecular formula is C14H16N2O2. The molecule has 1 aliphatic rings. The summed E-state index contributed by atoms with van der Waals surface area (Å²) in [4.78, 5) is 4.54. The fourth-order valence-electron chi connectivity index (χ4n) is 2.26. The molecule has 1 aromatic heterocycles. The number of methoxy groups -OCH3 is 1. The SMILES string of the molecule is COC(c1ccccc1)c1nc2c(o1)CCNC2. The van der Waals surface area contributed by atoms with Crippen molar-refractivity contribution in [3.8, 4) is 0 Å². The predicted octanol–water partition coefficient (Wildman–Crippen LogP) is 2.06. The number of hydrogen-bond acceptors (Lipinski definition) is 4. The molecule has 4 nitrogen and oxygen atoms in total. The summed E-state index contributed by atoms with van der Waals surface area (Å²) in [7, 11) is 1.68. The molecule has 2 aromatic rings. The predicted molar refractivity (Wildman–Crippen MR) is 67.2 cm³/mol. The number of nitrogens with zero attached hydrogens (tertiary/aromatic N) is 1. The van der Waals surface area contributed by atoms with Gasteiger partial charge in [-0.3, -0.25) is 0 Å². The molecule has 0 fully saturated rings. The maximum absolute atomic E-state index is 5.84. The molecule has 0 saturated heterocycles. The summed E-state index contributed by atoms with van der Waals surface area (Å²) in [5.41, 5.74) is 2.07. The Morgan fingerprint density at radius 3 is 2.89 bits per heavy atom. The summed E-state index contributed by atoms with van der Waals surface area (Å²) in [5.74, 6) is 1.64. The van der Waals surface area contributed by atoms with Crippen LogP contribution in [-0.4, -0.2) is 18.6 Å². The molecule has 0 saturated carbocycles. The Kier molecular flexibility index (Phi) is 3.13. The van der Waals surface area contributed by atoms with Gasteiger partial charge in [0.1, 0.15) is 5.76 Å². The fourth-order valence-corrected chi connectivity index (χ4v) is 2.26. The first kappa shape index (κ1) is 11.4. The number of fused-ring (bicyclic) bond motifs is 1. The average Bonchev–Trinajstić information content (AvgIpc) is 2.84. The van der Waals surface area contributed by atoms with Crippen LogP contribution in [0, 0.1) is 0 Å².